The zero-order valence-electron chi connectivity index (χ0n) is 20.5. The van der Waals surface area contributed by atoms with Crippen LogP contribution >= 0.6 is 0 Å². The lowest BCUT2D eigenvalue weighted by Gasteiger charge is -2.45. The molecule has 0 bridgehead atoms. The van der Waals surface area contributed by atoms with E-state index in [-0.39, 0.29) is 11.0 Å². The van der Waals surface area contributed by atoms with Crippen LogP contribution in [0.2, 0.25) is 0 Å². The first-order chi connectivity index (χ1) is 14.8. The van der Waals surface area contributed by atoms with Crippen molar-refractivity contribution in [1.82, 2.24) is 0 Å². The first-order valence-electron chi connectivity index (χ1n) is 12.0. The molecule has 0 saturated heterocycles. The van der Waals surface area contributed by atoms with Crippen LogP contribution in [0.25, 0.3) is 0 Å². The first-order valence-corrected chi connectivity index (χ1v) is 12.0. The predicted octanol–water partition coefficient (Wildman–Crippen LogP) is 5.17. The Balaban J connectivity index is 1.75. The Labute approximate surface area is 194 Å². The molecule has 0 amide bonds. The van der Waals surface area contributed by atoms with E-state index in [1.807, 2.05) is 6.08 Å². The quantitative estimate of drug-likeness (QED) is 0.496. The number of allylic oxidation sites excluding steroid dienone is 4. The van der Waals surface area contributed by atoms with Crippen LogP contribution in [0.5, 0.6) is 0 Å². The van der Waals surface area contributed by atoms with Crippen molar-refractivity contribution in [3.63, 3.8) is 0 Å². The average molecular weight is 443 g/mol. The molecule has 2 saturated carbocycles. The second-order valence-corrected chi connectivity index (χ2v) is 11.1. The standard InChI is InChI=1S/C28H42O4/c1-19-21(17-22(29)18-24(19)30)11-10-20-9-7-15-28(6)23(20)12-13-25(28)27(4,5)32-16-8-14-26(2,3)31/h8,10-11,13-14,22-24,29-31H,1,7,9,12,15-18H2,2-6H3/b14-8+,20-10?,21-11?/t22-,23+,24+,28+/m1/s1. The van der Waals surface area contributed by atoms with Gasteiger partial charge in [-0.15, -0.1) is 0 Å². The highest BCUT2D eigenvalue weighted by Gasteiger charge is 2.49. The van der Waals surface area contributed by atoms with E-state index in [0.717, 1.165) is 36.8 Å². The van der Waals surface area contributed by atoms with Crippen molar-refractivity contribution in [3.05, 3.63) is 59.3 Å². The molecule has 3 aliphatic rings. The summed E-state index contributed by atoms with van der Waals surface area (Å²) < 4.78 is 6.29. The van der Waals surface area contributed by atoms with Gasteiger partial charge in [-0.05, 0) is 87.9 Å². The highest BCUT2D eigenvalue weighted by atomic mass is 16.5. The van der Waals surface area contributed by atoms with E-state index in [4.69, 9.17) is 4.74 Å². The summed E-state index contributed by atoms with van der Waals surface area (Å²) in [5.41, 5.74) is 3.38. The minimum atomic E-state index is -0.829. The van der Waals surface area contributed by atoms with Gasteiger partial charge in [-0.25, -0.2) is 0 Å². The fourth-order valence-corrected chi connectivity index (χ4v) is 5.89. The third kappa shape index (κ3) is 5.53. The molecule has 4 nitrogen and oxygen atoms in total. The molecular weight excluding hydrogens is 400 g/mol. The van der Waals surface area contributed by atoms with Crippen LogP contribution in [-0.2, 0) is 4.74 Å². The molecule has 0 aromatic rings. The lowest BCUT2D eigenvalue weighted by molar-refractivity contribution is 0.00706. The molecule has 0 heterocycles. The highest BCUT2D eigenvalue weighted by Crippen LogP contribution is 2.57. The average Bonchev–Trinajstić information content (AvgIpc) is 3.04. The summed E-state index contributed by atoms with van der Waals surface area (Å²) in [6.45, 7) is 14.7. The largest absolute Gasteiger partial charge is 0.393 e. The molecule has 0 aromatic heterocycles. The second kappa shape index (κ2) is 9.42. The summed E-state index contributed by atoms with van der Waals surface area (Å²) in [4.78, 5) is 0. The Bertz CT molecular complexity index is 836. The molecule has 0 aromatic carbocycles. The van der Waals surface area contributed by atoms with Crippen molar-refractivity contribution in [1.29, 1.82) is 0 Å². The molecule has 178 valence electrons. The zero-order valence-corrected chi connectivity index (χ0v) is 20.5. The Morgan fingerprint density at radius 2 is 1.94 bits per heavy atom. The molecule has 4 atom stereocenters. The van der Waals surface area contributed by atoms with Crippen LogP contribution in [0.3, 0.4) is 0 Å². The minimum Gasteiger partial charge on any atom is -0.393 e. The number of ether oxygens (including phenoxy) is 1. The Kier molecular flexibility index (Phi) is 7.41. The fourth-order valence-electron chi connectivity index (χ4n) is 5.89. The van der Waals surface area contributed by atoms with Gasteiger partial charge in [0, 0.05) is 6.42 Å². The van der Waals surface area contributed by atoms with E-state index in [9.17, 15) is 15.3 Å². The number of hydrogen-bond donors (Lipinski definition) is 3. The minimum absolute atomic E-state index is 0.0641. The topological polar surface area (TPSA) is 69.9 Å². The second-order valence-electron chi connectivity index (χ2n) is 11.1. The van der Waals surface area contributed by atoms with Gasteiger partial charge in [0.2, 0.25) is 0 Å². The summed E-state index contributed by atoms with van der Waals surface area (Å²) in [6.07, 6.45) is 14.5. The van der Waals surface area contributed by atoms with Crippen molar-refractivity contribution in [3.8, 4) is 0 Å². The number of aliphatic hydroxyl groups is 3. The molecule has 4 heteroatoms. The maximum absolute atomic E-state index is 10.1. The maximum Gasteiger partial charge on any atom is 0.0845 e. The van der Waals surface area contributed by atoms with E-state index in [0.29, 0.717) is 25.4 Å². The first kappa shape index (κ1) is 25.2. The molecule has 2 fully saturated rings. The molecule has 0 aliphatic heterocycles. The molecule has 32 heavy (non-hydrogen) atoms. The third-order valence-electron chi connectivity index (χ3n) is 7.53. The monoisotopic (exact) mass is 442 g/mol. The zero-order chi connectivity index (χ0) is 23.7. The van der Waals surface area contributed by atoms with E-state index in [1.54, 1.807) is 19.9 Å². The van der Waals surface area contributed by atoms with Crippen LogP contribution < -0.4 is 0 Å². The normalized spacial score (nSPS) is 34.4. The van der Waals surface area contributed by atoms with Crippen molar-refractivity contribution in [2.45, 2.75) is 96.6 Å². The Morgan fingerprint density at radius 3 is 2.62 bits per heavy atom. The molecule has 3 rings (SSSR count). The van der Waals surface area contributed by atoms with E-state index < -0.39 is 17.8 Å². The van der Waals surface area contributed by atoms with Gasteiger partial charge in [0.1, 0.15) is 0 Å². The van der Waals surface area contributed by atoms with Crippen molar-refractivity contribution in [2.24, 2.45) is 11.3 Å². The van der Waals surface area contributed by atoms with E-state index >= 15 is 0 Å². The smallest absolute Gasteiger partial charge is 0.0845 e. The van der Waals surface area contributed by atoms with Gasteiger partial charge in [-0.3, -0.25) is 0 Å². The highest BCUT2D eigenvalue weighted by molar-refractivity contribution is 5.41. The molecule has 3 N–H and O–H groups in total. The predicted molar refractivity (Wildman–Crippen MR) is 130 cm³/mol. The maximum atomic E-state index is 10.1. The van der Waals surface area contributed by atoms with Gasteiger partial charge < -0.3 is 20.1 Å². The van der Waals surface area contributed by atoms with Crippen molar-refractivity contribution < 1.29 is 20.1 Å². The van der Waals surface area contributed by atoms with Crippen LogP contribution in [0.15, 0.2) is 59.3 Å². The fraction of sp³-hybridized carbons (Fsp3) is 0.643. The van der Waals surface area contributed by atoms with Gasteiger partial charge >= 0.3 is 0 Å². The Hall–Kier alpha value is -1.46. The van der Waals surface area contributed by atoms with Crippen LogP contribution in [0.1, 0.15) is 73.1 Å². The molecule has 0 unspecified atom stereocenters. The molecule has 0 spiro atoms. The van der Waals surface area contributed by atoms with Crippen LogP contribution in [-0.4, -0.2) is 45.3 Å². The van der Waals surface area contributed by atoms with E-state index in [1.165, 1.54) is 11.1 Å². The molecule has 3 aliphatic carbocycles. The summed E-state index contributed by atoms with van der Waals surface area (Å²) >= 11 is 0. The lowest BCUT2D eigenvalue weighted by Crippen LogP contribution is -2.40. The summed E-state index contributed by atoms with van der Waals surface area (Å²) in [5, 5.41) is 30.1. The molecule has 0 radical (unpaired) electrons. The summed E-state index contributed by atoms with van der Waals surface area (Å²) in [7, 11) is 0. The number of hydrogen-bond acceptors (Lipinski definition) is 4. The lowest BCUT2D eigenvalue weighted by atomic mass is 9.62. The van der Waals surface area contributed by atoms with Gasteiger partial charge in [-0.1, -0.05) is 49.5 Å². The molecular formula is C28H42O4. The van der Waals surface area contributed by atoms with Gasteiger partial charge in [0.15, 0.2) is 0 Å². The third-order valence-corrected chi connectivity index (χ3v) is 7.53. The number of rotatable bonds is 6. The number of aliphatic hydroxyl groups excluding tert-OH is 2. The van der Waals surface area contributed by atoms with Crippen molar-refractivity contribution >= 4 is 0 Å². The van der Waals surface area contributed by atoms with Crippen LogP contribution in [0.4, 0.5) is 0 Å². The van der Waals surface area contributed by atoms with E-state index in [2.05, 4.69) is 45.6 Å². The summed E-state index contributed by atoms with van der Waals surface area (Å²) in [5.74, 6) is 0.449. The Morgan fingerprint density at radius 1 is 1.22 bits per heavy atom. The summed E-state index contributed by atoms with van der Waals surface area (Å²) in [6, 6.07) is 0. The van der Waals surface area contributed by atoms with Crippen molar-refractivity contribution in [2.75, 3.05) is 6.61 Å². The number of fused-ring (bicyclic) bond motifs is 1. The van der Waals surface area contributed by atoms with Crippen LogP contribution in [0, 0.1) is 11.3 Å². The van der Waals surface area contributed by atoms with Gasteiger partial charge in [0.05, 0.1) is 30.0 Å². The van der Waals surface area contributed by atoms with Gasteiger partial charge in [0.25, 0.3) is 0 Å². The SMILES string of the molecule is C=C1C(=CC=C2CCC[C@]3(C)C(C(C)(C)OC/C=C/C(C)(C)O)=CC[C@@H]23)C[C@@H](O)C[C@@H]1O. The van der Waals surface area contributed by atoms with Gasteiger partial charge in [-0.2, -0.15) is 0 Å².